The van der Waals surface area contributed by atoms with Crippen molar-refractivity contribution in [2.45, 2.75) is 19.9 Å². The maximum Gasteiger partial charge on any atom is 0.271 e. The third-order valence-corrected chi connectivity index (χ3v) is 4.10. The van der Waals surface area contributed by atoms with Crippen molar-refractivity contribution in [2.75, 3.05) is 25.5 Å². The molecule has 26 heavy (non-hydrogen) atoms. The van der Waals surface area contributed by atoms with Gasteiger partial charge < -0.3 is 10.1 Å². The maximum absolute atomic E-state index is 12.3. The molecule has 7 heteroatoms. The Labute approximate surface area is 152 Å². The molecule has 0 aliphatic rings. The first-order valence-corrected chi connectivity index (χ1v) is 8.32. The summed E-state index contributed by atoms with van der Waals surface area (Å²) >= 11 is 0. The van der Waals surface area contributed by atoms with Gasteiger partial charge in [0.05, 0.1) is 11.0 Å². The van der Waals surface area contributed by atoms with Gasteiger partial charge in [-0.25, -0.2) is 0 Å². The van der Waals surface area contributed by atoms with Crippen LogP contribution < -0.4 is 10.1 Å². The van der Waals surface area contributed by atoms with E-state index in [2.05, 4.69) is 5.32 Å². The van der Waals surface area contributed by atoms with E-state index in [0.29, 0.717) is 18.8 Å². The number of carbonyl (C=O) groups excluding carboxylic acids is 1. The van der Waals surface area contributed by atoms with Crippen molar-refractivity contribution >= 4 is 17.3 Å². The van der Waals surface area contributed by atoms with Gasteiger partial charge in [-0.3, -0.25) is 19.8 Å². The number of nitro groups is 1. The third-order valence-electron chi connectivity index (χ3n) is 4.10. The lowest BCUT2D eigenvalue weighted by atomic mass is 10.2. The lowest BCUT2D eigenvalue weighted by Crippen LogP contribution is -2.41. The predicted octanol–water partition coefficient (Wildman–Crippen LogP) is 3.24. The highest BCUT2D eigenvalue weighted by molar-refractivity contribution is 5.94. The van der Waals surface area contributed by atoms with Crippen LogP contribution in [0.3, 0.4) is 0 Å². The Morgan fingerprint density at radius 3 is 2.62 bits per heavy atom. The molecule has 1 unspecified atom stereocenters. The Kier molecular flexibility index (Phi) is 6.68. The number of nitrogens with one attached hydrogen (secondary N) is 1. The van der Waals surface area contributed by atoms with Gasteiger partial charge in [0.1, 0.15) is 12.4 Å². The number of anilines is 1. The normalized spacial score (nSPS) is 11.8. The lowest BCUT2D eigenvalue weighted by Gasteiger charge is -2.23. The van der Waals surface area contributed by atoms with E-state index in [0.717, 1.165) is 5.75 Å². The fourth-order valence-corrected chi connectivity index (χ4v) is 2.28. The predicted molar refractivity (Wildman–Crippen MR) is 100 cm³/mol. The Balaban J connectivity index is 1.83. The van der Waals surface area contributed by atoms with Gasteiger partial charge in [0.15, 0.2) is 0 Å². The van der Waals surface area contributed by atoms with Crippen LogP contribution >= 0.6 is 0 Å². The number of benzene rings is 2. The van der Waals surface area contributed by atoms with E-state index in [1.807, 2.05) is 43.1 Å². The standard InChI is InChI=1S/C19H23N3O4/c1-14-7-9-18(10-8-14)26-12-11-21(3)15(2)19(23)20-16-5-4-6-17(13-16)22(24)25/h4-10,13,15H,11-12H2,1-3H3,(H,20,23). The number of likely N-dealkylation sites (N-methyl/N-ethyl adjacent to an activating group) is 1. The Morgan fingerprint density at radius 1 is 1.27 bits per heavy atom. The monoisotopic (exact) mass is 357 g/mol. The van der Waals surface area contributed by atoms with E-state index in [9.17, 15) is 14.9 Å². The van der Waals surface area contributed by atoms with Crippen LogP contribution in [0.1, 0.15) is 12.5 Å². The van der Waals surface area contributed by atoms with Gasteiger partial charge in [-0.05, 0) is 39.1 Å². The van der Waals surface area contributed by atoms with Crippen LogP contribution in [0.4, 0.5) is 11.4 Å². The molecule has 1 atom stereocenters. The van der Waals surface area contributed by atoms with E-state index in [-0.39, 0.29) is 11.6 Å². The zero-order chi connectivity index (χ0) is 19.1. The van der Waals surface area contributed by atoms with Crippen LogP contribution in [-0.2, 0) is 4.79 Å². The number of amides is 1. The number of nitrogens with zero attached hydrogens (tertiary/aromatic N) is 2. The molecule has 2 rings (SSSR count). The first-order valence-electron chi connectivity index (χ1n) is 8.32. The van der Waals surface area contributed by atoms with E-state index < -0.39 is 11.0 Å². The molecular weight excluding hydrogens is 334 g/mol. The molecule has 1 N–H and O–H groups in total. The zero-order valence-corrected chi connectivity index (χ0v) is 15.1. The first kappa shape index (κ1) is 19.4. The summed E-state index contributed by atoms with van der Waals surface area (Å²) in [6.45, 7) is 4.81. The van der Waals surface area contributed by atoms with Gasteiger partial charge in [-0.2, -0.15) is 0 Å². The van der Waals surface area contributed by atoms with Crippen LogP contribution in [0, 0.1) is 17.0 Å². The fraction of sp³-hybridized carbons (Fsp3) is 0.316. The number of hydrogen-bond donors (Lipinski definition) is 1. The van der Waals surface area contributed by atoms with Gasteiger partial charge >= 0.3 is 0 Å². The Hall–Kier alpha value is -2.93. The zero-order valence-electron chi connectivity index (χ0n) is 15.1. The van der Waals surface area contributed by atoms with Crippen molar-refractivity contribution in [1.29, 1.82) is 0 Å². The van der Waals surface area contributed by atoms with Crippen molar-refractivity contribution in [1.82, 2.24) is 4.90 Å². The van der Waals surface area contributed by atoms with Crippen LogP contribution in [0.25, 0.3) is 0 Å². The van der Waals surface area contributed by atoms with Gasteiger partial charge in [0.25, 0.3) is 5.69 Å². The van der Waals surface area contributed by atoms with Gasteiger partial charge in [-0.15, -0.1) is 0 Å². The molecule has 0 heterocycles. The second kappa shape index (κ2) is 8.96. The summed E-state index contributed by atoms with van der Waals surface area (Å²) in [5.74, 6) is 0.557. The SMILES string of the molecule is Cc1ccc(OCCN(C)C(C)C(=O)Nc2cccc([N+](=O)[O-])c2)cc1. The van der Waals surface area contributed by atoms with Crippen molar-refractivity contribution < 1.29 is 14.5 Å². The number of ether oxygens (including phenoxy) is 1. The molecule has 0 radical (unpaired) electrons. The minimum Gasteiger partial charge on any atom is -0.492 e. The van der Waals surface area contributed by atoms with E-state index in [1.54, 1.807) is 13.0 Å². The molecule has 2 aromatic rings. The molecule has 2 aromatic carbocycles. The second-order valence-corrected chi connectivity index (χ2v) is 6.11. The van der Waals surface area contributed by atoms with Crippen LogP contribution in [-0.4, -0.2) is 42.0 Å². The molecule has 0 saturated heterocycles. The molecule has 0 aliphatic heterocycles. The molecule has 7 nitrogen and oxygen atoms in total. The molecular formula is C19H23N3O4. The smallest absolute Gasteiger partial charge is 0.271 e. The number of nitro benzene ring substituents is 1. The largest absolute Gasteiger partial charge is 0.492 e. The minimum atomic E-state index is -0.492. The summed E-state index contributed by atoms with van der Waals surface area (Å²) in [5, 5.41) is 13.5. The van der Waals surface area contributed by atoms with Gasteiger partial charge in [0, 0.05) is 24.4 Å². The van der Waals surface area contributed by atoms with E-state index in [4.69, 9.17) is 4.74 Å². The molecule has 138 valence electrons. The number of aryl methyl sites for hydroxylation is 1. The summed E-state index contributed by atoms with van der Waals surface area (Å²) in [4.78, 5) is 24.5. The molecule has 0 aliphatic carbocycles. The Morgan fingerprint density at radius 2 is 1.96 bits per heavy atom. The third kappa shape index (κ3) is 5.56. The molecule has 0 fully saturated rings. The minimum absolute atomic E-state index is 0.0599. The molecule has 0 aromatic heterocycles. The van der Waals surface area contributed by atoms with Crippen LogP contribution in [0.2, 0.25) is 0 Å². The van der Waals surface area contributed by atoms with Gasteiger partial charge in [0.2, 0.25) is 5.91 Å². The average Bonchev–Trinajstić information content (AvgIpc) is 2.62. The van der Waals surface area contributed by atoms with Crippen molar-refractivity contribution in [3.05, 3.63) is 64.2 Å². The summed E-state index contributed by atoms with van der Waals surface area (Å²) in [6, 6.07) is 13.3. The van der Waals surface area contributed by atoms with Crippen molar-refractivity contribution in [3.63, 3.8) is 0 Å². The van der Waals surface area contributed by atoms with Gasteiger partial charge in [-0.1, -0.05) is 23.8 Å². The topological polar surface area (TPSA) is 84.7 Å². The van der Waals surface area contributed by atoms with Crippen LogP contribution in [0.15, 0.2) is 48.5 Å². The average molecular weight is 357 g/mol. The van der Waals surface area contributed by atoms with E-state index >= 15 is 0 Å². The van der Waals surface area contributed by atoms with Crippen LogP contribution in [0.5, 0.6) is 5.75 Å². The number of hydrogen-bond acceptors (Lipinski definition) is 5. The summed E-state index contributed by atoms with van der Waals surface area (Å²) in [6.07, 6.45) is 0. The first-order chi connectivity index (χ1) is 12.4. The van der Waals surface area contributed by atoms with Crippen molar-refractivity contribution in [2.24, 2.45) is 0 Å². The Bertz CT molecular complexity index is 762. The summed E-state index contributed by atoms with van der Waals surface area (Å²) in [5.41, 5.74) is 1.51. The molecule has 0 spiro atoms. The molecule has 1 amide bonds. The van der Waals surface area contributed by atoms with E-state index in [1.165, 1.54) is 23.8 Å². The number of carbonyl (C=O) groups is 1. The highest BCUT2D eigenvalue weighted by Crippen LogP contribution is 2.17. The summed E-state index contributed by atoms with van der Waals surface area (Å²) < 4.78 is 5.67. The van der Waals surface area contributed by atoms with Crippen molar-refractivity contribution in [3.8, 4) is 5.75 Å². The highest BCUT2D eigenvalue weighted by Gasteiger charge is 2.18. The summed E-state index contributed by atoms with van der Waals surface area (Å²) in [7, 11) is 1.83. The highest BCUT2D eigenvalue weighted by atomic mass is 16.6. The number of rotatable bonds is 8. The molecule has 0 bridgehead atoms. The lowest BCUT2D eigenvalue weighted by molar-refractivity contribution is -0.384. The quantitative estimate of drug-likeness (QED) is 0.579. The maximum atomic E-state index is 12.3. The molecule has 0 saturated carbocycles. The number of non-ortho nitro benzene ring substituents is 1. The second-order valence-electron chi connectivity index (χ2n) is 6.11. The fourth-order valence-electron chi connectivity index (χ4n) is 2.28.